The van der Waals surface area contributed by atoms with Gasteiger partial charge in [0.15, 0.2) is 0 Å². The van der Waals surface area contributed by atoms with Crippen LogP contribution < -0.4 is 10.6 Å². The molecule has 1 aliphatic carbocycles. The van der Waals surface area contributed by atoms with E-state index < -0.39 is 0 Å². The lowest BCUT2D eigenvalue weighted by Crippen LogP contribution is -2.23. The molecule has 0 radical (unpaired) electrons. The van der Waals surface area contributed by atoms with Crippen LogP contribution in [0.3, 0.4) is 0 Å². The fourth-order valence-electron chi connectivity index (χ4n) is 1.92. The van der Waals surface area contributed by atoms with Crippen LogP contribution in [0, 0.1) is 6.92 Å². The first-order chi connectivity index (χ1) is 10.2. The molecule has 1 amide bonds. The lowest BCUT2D eigenvalue weighted by atomic mass is 10.1. The molecule has 108 valence electrons. The molecule has 1 saturated carbocycles. The molecule has 5 nitrogen and oxygen atoms in total. The summed E-state index contributed by atoms with van der Waals surface area (Å²) in [6, 6.07) is 8.58. The highest BCUT2D eigenvalue weighted by molar-refractivity contribution is 5.93. The summed E-state index contributed by atoms with van der Waals surface area (Å²) in [6.07, 6.45) is 5.45. The molecule has 1 heterocycles. The van der Waals surface area contributed by atoms with Gasteiger partial charge in [-0.1, -0.05) is 29.8 Å². The molecule has 0 saturated heterocycles. The van der Waals surface area contributed by atoms with Crippen molar-refractivity contribution in [1.29, 1.82) is 0 Å². The van der Waals surface area contributed by atoms with E-state index in [-0.39, 0.29) is 5.91 Å². The first-order valence-corrected chi connectivity index (χ1v) is 7.13. The molecular weight excluding hydrogens is 264 g/mol. The highest BCUT2D eigenvalue weighted by atomic mass is 16.1. The van der Waals surface area contributed by atoms with Crippen LogP contribution in [0.15, 0.2) is 36.7 Å². The summed E-state index contributed by atoms with van der Waals surface area (Å²) in [5.74, 6) is 0.432. The number of carbonyl (C=O) groups is 1. The number of nitrogens with zero attached hydrogens (tertiary/aromatic N) is 2. The molecule has 0 spiro atoms. The van der Waals surface area contributed by atoms with Gasteiger partial charge in [0, 0.05) is 25.0 Å². The van der Waals surface area contributed by atoms with Crippen molar-refractivity contribution in [3.8, 4) is 0 Å². The van der Waals surface area contributed by atoms with Crippen LogP contribution in [0.1, 0.15) is 34.3 Å². The molecule has 1 aliphatic rings. The van der Waals surface area contributed by atoms with E-state index in [1.807, 2.05) is 31.2 Å². The highest BCUT2D eigenvalue weighted by Crippen LogP contribution is 2.22. The molecule has 1 fully saturated rings. The normalized spacial score (nSPS) is 13.8. The number of hydrogen-bond donors (Lipinski definition) is 2. The topological polar surface area (TPSA) is 66.9 Å². The second-order valence-corrected chi connectivity index (χ2v) is 5.38. The van der Waals surface area contributed by atoms with E-state index in [0.29, 0.717) is 24.1 Å². The molecule has 2 N–H and O–H groups in total. The molecule has 1 aromatic carbocycles. The summed E-state index contributed by atoms with van der Waals surface area (Å²) >= 11 is 0. The zero-order valence-corrected chi connectivity index (χ0v) is 12.0. The average molecular weight is 282 g/mol. The summed E-state index contributed by atoms with van der Waals surface area (Å²) in [4.78, 5) is 20.3. The van der Waals surface area contributed by atoms with Gasteiger partial charge in [-0.15, -0.1) is 0 Å². The number of nitrogens with one attached hydrogen (secondary N) is 2. The Hall–Kier alpha value is -2.43. The third-order valence-electron chi connectivity index (χ3n) is 3.40. The Bertz CT molecular complexity index is 618. The highest BCUT2D eigenvalue weighted by Gasteiger charge is 2.21. The molecule has 5 heteroatoms. The second kappa shape index (κ2) is 5.91. The Labute approximate surface area is 123 Å². The Kier molecular flexibility index (Phi) is 3.81. The van der Waals surface area contributed by atoms with Gasteiger partial charge in [-0.05, 0) is 25.3 Å². The van der Waals surface area contributed by atoms with Crippen molar-refractivity contribution < 1.29 is 4.79 Å². The summed E-state index contributed by atoms with van der Waals surface area (Å²) in [6.45, 7) is 2.54. The van der Waals surface area contributed by atoms with E-state index in [1.165, 1.54) is 18.4 Å². The number of aryl methyl sites for hydroxylation is 1. The van der Waals surface area contributed by atoms with E-state index in [2.05, 4.69) is 20.6 Å². The quantitative estimate of drug-likeness (QED) is 0.883. The lowest BCUT2D eigenvalue weighted by Gasteiger charge is -2.06. The number of benzene rings is 1. The maximum Gasteiger partial charge on any atom is 0.254 e. The fraction of sp³-hybridized carbons (Fsp3) is 0.312. The second-order valence-electron chi connectivity index (χ2n) is 5.38. The van der Waals surface area contributed by atoms with Gasteiger partial charge in [0.05, 0.1) is 5.56 Å². The molecule has 0 bridgehead atoms. The molecule has 0 aliphatic heterocycles. The molecule has 21 heavy (non-hydrogen) atoms. The van der Waals surface area contributed by atoms with Gasteiger partial charge in [-0.3, -0.25) is 4.79 Å². The smallest absolute Gasteiger partial charge is 0.254 e. The largest absolute Gasteiger partial charge is 0.351 e. The molecule has 0 unspecified atom stereocenters. The number of aromatic nitrogens is 2. The predicted octanol–water partition coefficient (Wildman–Crippen LogP) is 2.29. The first-order valence-electron chi connectivity index (χ1n) is 7.13. The number of amides is 1. The monoisotopic (exact) mass is 282 g/mol. The van der Waals surface area contributed by atoms with E-state index >= 15 is 0 Å². The van der Waals surface area contributed by atoms with Crippen LogP contribution in [0.5, 0.6) is 0 Å². The molecule has 0 atom stereocenters. The van der Waals surface area contributed by atoms with Gasteiger partial charge in [0.2, 0.25) is 5.95 Å². The van der Waals surface area contributed by atoms with Gasteiger partial charge in [-0.25, -0.2) is 9.97 Å². The lowest BCUT2D eigenvalue weighted by molar-refractivity contribution is 0.0950. The van der Waals surface area contributed by atoms with Crippen molar-refractivity contribution in [3.63, 3.8) is 0 Å². The Morgan fingerprint density at radius 1 is 1.19 bits per heavy atom. The molecule has 3 rings (SSSR count). The average Bonchev–Trinajstić information content (AvgIpc) is 3.31. The molecule has 1 aromatic heterocycles. The standard InChI is InChI=1S/C16H18N4O/c1-11-2-4-12(5-3-11)8-17-15(21)13-9-18-16(19-10-13)20-14-6-7-14/h2-5,9-10,14H,6-8H2,1H3,(H,17,21)(H,18,19,20). The van der Waals surface area contributed by atoms with E-state index in [1.54, 1.807) is 12.4 Å². The SMILES string of the molecule is Cc1ccc(CNC(=O)c2cnc(NC3CC3)nc2)cc1. The minimum Gasteiger partial charge on any atom is -0.351 e. The zero-order chi connectivity index (χ0) is 14.7. The van der Waals surface area contributed by atoms with Crippen molar-refractivity contribution in [2.24, 2.45) is 0 Å². The van der Waals surface area contributed by atoms with Crippen LogP contribution in [-0.2, 0) is 6.54 Å². The summed E-state index contributed by atoms with van der Waals surface area (Å²) in [7, 11) is 0. The Balaban J connectivity index is 1.55. The minimum absolute atomic E-state index is 0.159. The van der Waals surface area contributed by atoms with Gasteiger partial charge in [0.1, 0.15) is 0 Å². The number of hydrogen-bond acceptors (Lipinski definition) is 4. The van der Waals surface area contributed by atoms with Crippen molar-refractivity contribution >= 4 is 11.9 Å². The van der Waals surface area contributed by atoms with E-state index in [4.69, 9.17) is 0 Å². The third kappa shape index (κ3) is 3.78. The Morgan fingerprint density at radius 2 is 1.86 bits per heavy atom. The van der Waals surface area contributed by atoms with Gasteiger partial charge in [0.25, 0.3) is 5.91 Å². The van der Waals surface area contributed by atoms with Crippen molar-refractivity contribution in [2.75, 3.05) is 5.32 Å². The van der Waals surface area contributed by atoms with Crippen LogP contribution in [0.2, 0.25) is 0 Å². The number of anilines is 1. The van der Waals surface area contributed by atoms with Crippen molar-refractivity contribution in [3.05, 3.63) is 53.3 Å². The van der Waals surface area contributed by atoms with Gasteiger partial charge < -0.3 is 10.6 Å². The van der Waals surface area contributed by atoms with E-state index in [9.17, 15) is 4.79 Å². The van der Waals surface area contributed by atoms with Crippen molar-refractivity contribution in [1.82, 2.24) is 15.3 Å². The fourth-order valence-corrected chi connectivity index (χ4v) is 1.92. The molecular formula is C16H18N4O. The predicted molar refractivity (Wildman–Crippen MR) is 81.0 cm³/mol. The van der Waals surface area contributed by atoms with Crippen LogP contribution in [-0.4, -0.2) is 21.9 Å². The summed E-state index contributed by atoms with van der Waals surface area (Å²) in [5.41, 5.74) is 2.75. The third-order valence-corrected chi connectivity index (χ3v) is 3.40. The molecule has 2 aromatic rings. The van der Waals surface area contributed by atoms with Crippen LogP contribution in [0.25, 0.3) is 0 Å². The minimum atomic E-state index is -0.159. The summed E-state index contributed by atoms with van der Waals surface area (Å²) in [5, 5.41) is 6.06. The number of rotatable bonds is 5. The maximum absolute atomic E-state index is 12.0. The maximum atomic E-state index is 12.0. The van der Waals surface area contributed by atoms with Crippen LogP contribution in [0.4, 0.5) is 5.95 Å². The number of carbonyl (C=O) groups excluding carboxylic acids is 1. The van der Waals surface area contributed by atoms with E-state index in [0.717, 1.165) is 5.56 Å². The van der Waals surface area contributed by atoms with Gasteiger partial charge >= 0.3 is 0 Å². The zero-order valence-electron chi connectivity index (χ0n) is 12.0. The first kappa shape index (κ1) is 13.5. The van der Waals surface area contributed by atoms with Crippen LogP contribution >= 0.6 is 0 Å². The summed E-state index contributed by atoms with van der Waals surface area (Å²) < 4.78 is 0. The van der Waals surface area contributed by atoms with Crippen molar-refractivity contribution in [2.45, 2.75) is 32.4 Å². The Morgan fingerprint density at radius 3 is 2.48 bits per heavy atom. The van der Waals surface area contributed by atoms with Gasteiger partial charge in [-0.2, -0.15) is 0 Å².